The van der Waals surface area contributed by atoms with Crippen molar-refractivity contribution in [2.24, 2.45) is 0 Å². The Kier molecular flexibility index (Phi) is 7.26. The quantitative estimate of drug-likeness (QED) is 0.441. The van der Waals surface area contributed by atoms with Crippen molar-refractivity contribution in [2.45, 2.75) is 37.9 Å². The predicted molar refractivity (Wildman–Crippen MR) is 150 cm³/mol. The van der Waals surface area contributed by atoms with Crippen molar-refractivity contribution in [3.8, 4) is 0 Å². The van der Waals surface area contributed by atoms with Gasteiger partial charge < -0.3 is 4.90 Å². The summed E-state index contributed by atoms with van der Waals surface area (Å²) in [5.41, 5.74) is 4.29. The Balaban J connectivity index is 1.10. The number of imide groups is 1. The van der Waals surface area contributed by atoms with Gasteiger partial charge in [0.05, 0.1) is 25.0 Å². The minimum atomic E-state index is -0.395. The van der Waals surface area contributed by atoms with Gasteiger partial charge in [0.2, 0.25) is 17.7 Å². The van der Waals surface area contributed by atoms with Gasteiger partial charge in [-0.15, -0.1) is 0 Å². The number of hydrogen-bond donors (Lipinski definition) is 0. The fraction of sp³-hybridized carbons (Fsp3) is 0.344. The zero-order valence-corrected chi connectivity index (χ0v) is 22.1. The van der Waals surface area contributed by atoms with Gasteiger partial charge in [-0.3, -0.25) is 29.1 Å². The number of rotatable bonds is 7. The molecule has 3 aliphatic rings. The summed E-state index contributed by atoms with van der Waals surface area (Å²) in [4.78, 5) is 46.2. The Morgan fingerprint density at radius 2 is 1.31 bits per heavy atom. The first-order valence-electron chi connectivity index (χ1n) is 13.9. The first-order chi connectivity index (χ1) is 19.1. The fourth-order valence-corrected chi connectivity index (χ4v) is 6.19. The van der Waals surface area contributed by atoms with E-state index >= 15 is 0 Å². The third-order valence-electron chi connectivity index (χ3n) is 8.27. The summed E-state index contributed by atoms with van der Waals surface area (Å²) in [6.45, 7) is 4.14. The van der Waals surface area contributed by atoms with Gasteiger partial charge in [-0.2, -0.15) is 0 Å². The number of carbonyl (C=O) groups is 3. The third kappa shape index (κ3) is 5.24. The molecule has 3 amide bonds. The fourth-order valence-electron chi connectivity index (χ4n) is 6.19. The number of benzene rings is 3. The highest BCUT2D eigenvalue weighted by atomic mass is 16.2. The van der Waals surface area contributed by atoms with Crippen LogP contribution in [0.5, 0.6) is 0 Å². The molecule has 200 valence electrons. The Hall–Kier alpha value is -3.81. The maximum absolute atomic E-state index is 13.4. The van der Waals surface area contributed by atoms with Gasteiger partial charge in [-0.25, -0.2) is 0 Å². The maximum atomic E-state index is 13.4. The minimum Gasteiger partial charge on any atom is -0.312 e. The number of piperazine rings is 1. The lowest BCUT2D eigenvalue weighted by Crippen LogP contribution is -2.53. The van der Waals surface area contributed by atoms with Gasteiger partial charge >= 0.3 is 0 Å². The zero-order chi connectivity index (χ0) is 26.8. The molecule has 6 rings (SSSR count). The molecule has 0 unspecified atom stereocenters. The molecule has 0 aromatic heterocycles. The largest absolute Gasteiger partial charge is 0.312 e. The van der Waals surface area contributed by atoms with E-state index in [1.165, 1.54) is 16.0 Å². The summed E-state index contributed by atoms with van der Waals surface area (Å²) in [7, 11) is 0. The van der Waals surface area contributed by atoms with Gasteiger partial charge in [0.1, 0.15) is 0 Å². The number of amides is 3. The van der Waals surface area contributed by atoms with Crippen molar-refractivity contribution in [3.05, 3.63) is 102 Å². The summed E-state index contributed by atoms with van der Waals surface area (Å²) in [5.74, 6) is -0.0676. The van der Waals surface area contributed by atoms with E-state index in [0.29, 0.717) is 6.42 Å². The number of anilines is 1. The van der Waals surface area contributed by atoms with Gasteiger partial charge in [-0.05, 0) is 35.2 Å². The highest BCUT2D eigenvalue weighted by Gasteiger charge is 2.43. The zero-order valence-electron chi connectivity index (χ0n) is 22.1. The van der Waals surface area contributed by atoms with E-state index < -0.39 is 6.04 Å². The molecule has 7 nitrogen and oxygen atoms in total. The van der Waals surface area contributed by atoms with Gasteiger partial charge in [0.15, 0.2) is 0 Å². The van der Waals surface area contributed by atoms with Crippen LogP contribution in [0, 0.1) is 0 Å². The lowest BCUT2D eigenvalue weighted by Gasteiger charge is -2.41. The average Bonchev–Trinajstić information content (AvgIpc) is 3.53. The van der Waals surface area contributed by atoms with Crippen molar-refractivity contribution in [2.75, 3.05) is 37.6 Å². The van der Waals surface area contributed by atoms with Gasteiger partial charge in [0, 0.05) is 44.8 Å². The molecule has 3 fully saturated rings. The van der Waals surface area contributed by atoms with Crippen LogP contribution in [-0.2, 0) is 20.9 Å². The number of nitrogens with zero attached hydrogens (tertiary/aromatic N) is 4. The second-order valence-electron chi connectivity index (χ2n) is 10.6. The molecule has 3 aliphatic heterocycles. The van der Waals surface area contributed by atoms with Crippen molar-refractivity contribution < 1.29 is 14.4 Å². The summed E-state index contributed by atoms with van der Waals surface area (Å²) in [5, 5.41) is 0. The van der Waals surface area contributed by atoms with Crippen LogP contribution in [0.1, 0.15) is 42.0 Å². The molecule has 0 radical (unpaired) electrons. The van der Waals surface area contributed by atoms with E-state index in [4.69, 9.17) is 0 Å². The van der Waals surface area contributed by atoms with Crippen LogP contribution in [-0.4, -0.2) is 71.2 Å². The molecule has 39 heavy (non-hydrogen) atoms. The summed E-state index contributed by atoms with van der Waals surface area (Å²) in [6, 6.07) is 28.5. The molecule has 3 aromatic rings. The second kappa shape index (κ2) is 11.1. The highest BCUT2D eigenvalue weighted by Crippen LogP contribution is 2.31. The first-order valence-corrected chi connectivity index (χ1v) is 13.9. The summed E-state index contributed by atoms with van der Waals surface area (Å²) >= 11 is 0. The predicted octanol–water partition coefficient (Wildman–Crippen LogP) is 3.85. The molecular weight excluding hydrogens is 488 g/mol. The van der Waals surface area contributed by atoms with Crippen LogP contribution in [0.4, 0.5) is 5.69 Å². The lowest BCUT2D eigenvalue weighted by atomic mass is 9.96. The van der Waals surface area contributed by atoms with Crippen molar-refractivity contribution in [1.82, 2.24) is 14.7 Å². The normalized spacial score (nSPS) is 20.9. The Morgan fingerprint density at radius 1 is 0.692 bits per heavy atom. The topological polar surface area (TPSA) is 64.2 Å². The highest BCUT2D eigenvalue weighted by molar-refractivity contribution is 6.05. The van der Waals surface area contributed by atoms with E-state index in [-0.39, 0.29) is 36.7 Å². The van der Waals surface area contributed by atoms with E-state index in [0.717, 1.165) is 50.4 Å². The molecule has 0 aliphatic carbocycles. The summed E-state index contributed by atoms with van der Waals surface area (Å²) in [6.07, 6.45) is 1.71. The lowest BCUT2D eigenvalue weighted by molar-refractivity contribution is -0.140. The van der Waals surface area contributed by atoms with E-state index in [1.54, 1.807) is 4.90 Å². The van der Waals surface area contributed by atoms with E-state index in [1.807, 2.05) is 36.4 Å². The standard InChI is InChI=1S/C32H34N4O3/c37-29-12-7-17-35(29)27-15-13-24(14-16-27)23-36-30(38)22-28(32(36)39)33-18-20-34(21-19-33)31(25-8-3-1-4-9-25)26-10-5-2-6-11-26/h1-6,8-11,13-16,28,31H,7,12,17-23H2/t28-/m0/s1. The Bertz CT molecular complexity index is 1280. The Morgan fingerprint density at radius 3 is 1.87 bits per heavy atom. The van der Waals surface area contributed by atoms with Gasteiger partial charge in [0.25, 0.3) is 0 Å². The van der Waals surface area contributed by atoms with Gasteiger partial charge in [-0.1, -0.05) is 72.8 Å². The van der Waals surface area contributed by atoms with Crippen molar-refractivity contribution >= 4 is 23.4 Å². The monoisotopic (exact) mass is 522 g/mol. The minimum absolute atomic E-state index is 0.102. The maximum Gasteiger partial charge on any atom is 0.247 e. The van der Waals surface area contributed by atoms with E-state index in [2.05, 4.69) is 58.3 Å². The average molecular weight is 523 g/mol. The number of hydrogen-bond acceptors (Lipinski definition) is 5. The van der Waals surface area contributed by atoms with Crippen molar-refractivity contribution in [1.29, 1.82) is 0 Å². The van der Waals surface area contributed by atoms with Crippen LogP contribution in [0.2, 0.25) is 0 Å². The third-order valence-corrected chi connectivity index (χ3v) is 8.27. The second-order valence-corrected chi connectivity index (χ2v) is 10.6. The number of carbonyl (C=O) groups excluding carboxylic acids is 3. The molecule has 0 spiro atoms. The summed E-state index contributed by atoms with van der Waals surface area (Å²) < 4.78 is 0. The van der Waals surface area contributed by atoms with Crippen LogP contribution < -0.4 is 4.90 Å². The number of likely N-dealkylation sites (tertiary alicyclic amines) is 1. The van der Waals surface area contributed by atoms with E-state index in [9.17, 15) is 14.4 Å². The molecule has 7 heteroatoms. The molecule has 3 saturated heterocycles. The van der Waals surface area contributed by atoms with Crippen LogP contribution in [0.25, 0.3) is 0 Å². The molecule has 0 saturated carbocycles. The molecular formula is C32H34N4O3. The SMILES string of the molecule is O=C1C[C@H](N2CCN(C(c3ccccc3)c3ccccc3)CC2)C(=O)N1Cc1ccc(N2CCCC2=O)cc1. The van der Waals surface area contributed by atoms with Crippen LogP contribution >= 0.6 is 0 Å². The molecule has 0 bridgehead atoms. The molecule has 0 N–H and O–H groups in total. The van der Waals surface area contributed by atoms with Crippen molar-refractivity contribution in [3.63, 3.8) is 0 Å². The smallest absolute Gasteiger partial charge is 0.247 e. The Labute approximate surface area is 229 Å². The molecule has 3 aromatic carbocycles. The molecule has 3 heterocycles. The molecule has 1 atom stereocenters. The van der Waals surface area contributed by atoms with Crippen LogP contribution in [0.3, 0.4) is 0 Å². The first kappa shape index (κ1) is 25.5. The van der Waals surface area contributed by atoms with Crippen LogP contribution in [0.15, 0.2) is 84.9 Å².